The van der Waals surface area contributed by atoms with Gasteiger partial charge in [0.2, 0.25) is 5.88 Å². The fourth-order valence-electron chi connectivity index (χ4n) is 1.89. The van der Waals surface area contributed by atoms with Crippen molar-refractivity contribution in [3.8, 4) is 5.88 Å². The highest BCUT2D eigenvalue weighted by Crippen LogP contribution is 2.29. The molecule has 2 heterocycles. The molecular weight excluding hydrogens is 314 g/mol. The van der Waals surface area contributed by atoms with E-state index in [1.54, 1.807) is 30.3 Å². The number of amides is 2. The van der Waals surface area contributed by atoms with Gasteiger partial charge in [0.25, 0.3) is 0 Å². The van der Waals surface area contributed by atoms with Gasteiger partial charge in [-0.3, -0.25) is 5.32 Å². The number of anilines is 2. The van der Waals surface area contributed by atoms with Crippen molar-refractivity contribution in [1.82, 2.24) is 9.97 Å². The van der Waals surface area contributed by atoms with E-state index >= 15 is 0 Å². The Morgan fingerprint density at radius 3 is 2.96 bits per heavy atom. The number of benzene rings is 1. The first-order valence-electron chi connectivity index (χ1n) is 6.54. The van der Waals surface area contributed by atoms with Crippen LogP contribution >= 0.6 is 11.3 Å². The van der Waals surface area contributed by atoms with Gasteiger partial charge >= 0.3 is 6.03 Å². The molecule has 0 aliphatic heterocycles. The van der Waals surface area contributed by atoms with Crippen LogP contribution in [-0.4, -0.2) is 23.1 Å². The Morgan fingerprint density at radius 2 is 2.17 bits per heavy atom. The van der Waals surface area contributed by atoms with E-state index in [0.29, 0.717) is 22.4 Å². The zero-order valence-corrected chi connectivity index (χ0v) is 12.8. The Bertz CT molecular complexity index is 916. The molecule has 0 aliphatic carbocycles. The SMILES string of the molecule is [C-]#[N+]c1ccc2nc(NC(=O)Nc3ccnc(OC)c3)sc2c1. The standard InChI is InChI=1S/C15H11N5O2S/c1-16-9-3-4-11-12(7-9)23-15(19-11)20-14(21)18-10-5-6-17-13(8-10)22-2/h3-8H,2H3,(H2,17,18,19,20,21). The summed E-state index contributed by atoms with van der Waals surface area (Å²) in [5.41, 5.74) is 1.84. The molecule has 7 nitrogen and oxygen atoms in total. The van der Waals surface area contributed by atoms with Crippen molar-refractivity contribution < 1.29 is 9.53 Å². The maximum absolute atomic E-state index is 12.0. The molecule has 0 saturated heterocycles. The smallest absolute Gasteiger partial charge is 0.325 e. The third kappa shape index (κ3) is 3.36. The van der Waals surface area contributed by atoms with Gasteiger partial charge in [-0.2, -0.15) is 0 Å². The van der Waals surface area contributed by atoms with E-state index < -0.39 is 6.03 Å². The molecule has 0 atom stereocenters. The van der Waals surface area contributed by atoms with Gasteiger partial charge in [-0.25, -0.2) is 19.6 Å². The van der Waals surface area contributed by atoms with Crippen molar-refractivity contribution in [2.24, 2.45) is 0 Å². The van der Waals surface area contributed by atoms with Gasteiger partial charge in [-0.15, -0.1) is 0 Å². The van der Waals surface area contributed by atoms with Gasteiger partial charge in [-0.1, -0.05) is 17.4 Å². The van der Waals surface area contributed by atoms with Gasteiger partial charge in [-0.05, 0) is 18.2 Å². The molecule has 2 amide bonds. The topological polar surface area (TPSA) is 80.5 Å². The van der Waals surface area contributed by atoms with E-state index in [9.17, 15) is 4.79 Å². The fraction of sp³-hybridized carbons (Fsp3) is 0.0667. The minimum atomic E-state index is -0.414. The van der Waals surface area contributed by atoms with Crippen LogP contribution in [0.1, 0.15) is 0 Å². The molecule has 114 valence electrons. The quantitative estimate of drug-likeness (QED) is 0.716. The van der Waals surface area contributed by atoms with Crippen molar-refractivity contribution in [2.75, 3.05) is 17.7 Å². The van der Waals surface area contributed by atoms with Crippen molar-refractivity contribution >= 4 is 44.1 Å². The average molecular weight is 325 g/mol. The van der Waals surface area contributed by atoms with Crippen LogP contribution in [0.5, 0.6) is 5.88 Å². The molecule has 0 saturated carbocycles. The first kappa shape index (κ1) is 14.7. The van der Waals surface area contributed by atoms with Gasteiger partial charge in [0.1, 0.15) is 0 Å². The van der Waals surface area contributed by atoms with E-state index in [2.05, 4.69) is 25.4 Å². The molecule has 8 heteroatoms. The van der Waals surface area contributed by atoms with E-state index in [0.717, 1.165) is 10.2 Å². The second-order valence-electron chi connectivity index (χ2n) is 4.45. The highest BCUT2D eigenvalue weighted by molar-refractivity contribution is 7.22. The summed E-state index contributed by atoms with van der Waals surface area (Å²) in [5, 5.41) is 5.81. The normalized spacial score (nSPS) is 10.1. The molecule has 23 heavy (non-hydrogen) atoms. The first-order chi connectivity index (χ1) is 11.2. The summed E-state index contributed by atoms with van der Waals surface area (Å²) in [6.45, 7) is 7.01. The number of rotatable bonds is 3. The third-order valence-corrected chi connectivity index (χ3v) is 3.86. The number of methoxy groups -OCH3 is 1. The van der Waals surface area contributed by atoms with Gasteiger partial charge in [0, 0.05) is 22.7 Å². The number of carbonyl (C=O) groups excluding carboxylic acids is 1. The zero-order valence-electron chi connectivity index (χ0n) is 12.0. The lowest BCUT2D eigenvalue weighted by Gasteiger charge is -2.06. The van der Waals surface area contributed by atoms with Crippen LogP contribution in [0.3, 0.4) is 0 Å². The number of hydrogen-bond acceptors (Lipinski definition) is 5. The Kier molecular flexibility index (Phi) is 4.03. The van der Waals surface area contributed by atoms with E-state index in [1.807, 2.05) is 0 Å². The predicted molar refractivity (Wildman–Crippen MR) is 89.3 cm³/mol. The molecule has 0 bridgehead atoms. The highest BCUT2D eigenvalue weighted by Gasteiger charge is 2.09. The van der Waals surface area contributed by atoms with Crippen LogP contribution in [0.4, 0.5) is 21.3 Å². The highest BCUT2D eigenvalue weighted by atomic mass is 32.1. The molecule has 2 N–H and O–H groups in total. The molecule has 0 radical (unpaired) electrons. The Hall–Kier alpha value is -3.18. The minimum Gasteiger partial charge on any atom is -0.481 e. The molecule has 0 aliphatic rings. The lowest BCUT2D eigenvalue weighted by molar-refractivity contribution is 0.262. The van der Waals surface area contributed by atoms with Crippen molar-refractivity contribution in [2.45, 2.75) is 0 Å². The number of nitrogens with one attached hydrogen (secondary N) is 2. The second-order valence-corrected chi connectivity index (χ2v) is 5.48. The van der Waals surface area contributed by atoms with E-state index in [4.69, 9.17) is 11.3 Å². The number of urea groups is 1. The largest absolute Gasteiger partial charge is 0.481 e. The van der Waals surface area contributed by atoms with Crippen LogP contribution in [0, 0.1) is 6.57 Å². The molecule has 2 aromatic heterocycles. The van der Waals surface area contributed by atoms with Crippen LogP contribution in [0.25, 0.3) is 15.1 Å². The van der Waals surface area contributed by atoms with Crippen LogP contribution in [0.15, 0.2) is 36.5 Å². The lowest BCUT2D eigenvalue weighted by atomic mass is 10.3. The summed E-state index contributed by atoms with van der Waals surface area (Å²) in [7, 11) is 1.50. The maximum Gasteiger partial charge on any atom is 0.325 e. The number of fused-ring (bicyclic) bond motifs is 1. The molecule has 0 spiro atoms. The molecule has 0 fully saturated rings. The lowest BCUT2D eigenvalue weighted by Crippen LogP contribution is -2.19. The number of ether oxygens (including phenoxy) is 1. The van der Waals surface area contributed by atoms with Crippen LogP contribution in [0.2, 0.25) is 0 Å². The first-order valence-corrected chi connectivity index (χ1v) is 7.35. The third-order valence-electron chi connectivity index (χ3n) is 2.92. The van der Waals surface area contributed by atoms with Crippen LogP contribution in [-0.2, 0) is 0 Å². The van der Waals surface area contributed by atoms with E-state index in [1.165, 1.54) is 24.6 Å². The Balaban J connectivity index is 1.73. The second kappa shape index (κ2) is 6.29. The number of pyridine rings is 1. The Labute approximate surface area is 135 Å². The fourth-order valence-corrected chi connectivity index (χ4v) is 2.79. The van der Waals surface area contributed by atoms with Gasteiger partial charge in [0.05, 0.1) is 19.2 Å². The molecule has 3 aromatic rings. The average Bonchev–Trinajstić information content (AvgIpc) is 2.95. The summed E-state index contributed by atoms with van der Waals surface area (Å²) in [4.78, 5) is 23.7. The minimum absolute atomic E-state index is 0.412. The number of carbonyl (C=O) groups is 1. The predicted octanol–water partition coefficient (Wildman–Crippen LogP) is 3.89. The summed E-state index contributed by atoms with van der Waals surface area (Å²) in [6, 6.07) is 8.06. The summed E-state index contributed by atoms with van der Waals surface area (Å²) in [6.07, 6.45) is 1.54. The van der Waals surface area contributed by atoms with Crippen molar-refractivity contribution in [3.05, 3.63) is 47.9 Å². The van der Waals surface area contributed by atoms with Gasteiger partial charge < -0.3 is 10.1 Å². The number of hydrogen-bond donors (Lipinski definition) is 2. The van der Waals surface area contributed by atoms with Crippen molar-refractivity contribution in [3.63, 3.8) is 0 Å². The molecule has 1 aromatic carbocycles. The van der Waals surface area contributed by atoms with Crippen LogP contribution < -0.4 is 15.4 Å². The molecule has 3 rings (SSSR count). The zero-order chi connectivity index (χ0) is 16.2. The maximum atomic E-state index is 12.0. The molecular formula is C15H11N5O2S. The summed E-state index contributed by atoms with van der Waals surface area (Å²) in [5.74, 6) is 0.412. The number of thiazole rings is 1. The number of aromatic nitrogens is 2. The van der Waals surface area contributed by atoms with Gasteiger partial charge in [0.15, 0.2) is 10.8 Å². The summed E-state index contributed by atoms with van der Waals surface area (Å²) >= 11 is 1.31. The number of nitrogens with zero attached hydrogens (tertiary/aromatic N) is 3. The molecule has 0 unspecified atom stereocenters. The monoisotopic (exact) mass is 325 g/mol. The van der Waals surface area contributed by atoms with Crippen molar-refractivity contribution in [1.29, 1.82) is 0 Å². The Morgan fingerprint density at radius 1 is 1.30 bits per heavy atom. The van der Waals surface area contributed by atoms with E-state index in [-0.39, 0.29) is 0 Å². The summed E-state index contributed by atoms with van der Waals surface area (Å²) < 4.78 is 5.85.